The normalized spacial score (nSPS) is 19.9. The molecule has 0 aliphatic carbocycles. The summed E-state index contributed by atoms with van der Waals surface area (Å²) in [5, 5.41) is 4.13. The fraction of sp³-hybridized carbons (Fsp3) is 0.600. The minimum absolute atomic E-state index is 0.174. The third kappa shape index (κ3) is 4.75. The molecule has 0 bridgehead atoms. The van der Waals surface area contributed by atoms with Crippen LogP contribution in [0.5, 0.6) is 0 Å². The lowest BCUT2D eigenvalue weighted by molar-refractivity contribution is 0.279. The zero-order valence-electron chi connectivity index (χ0n) is 11.5. The summed E-state index contributed by atoms with van der Waals surface area (Å²) in [4.78, 5) is 2.16. The Kier molecular flexibility index (Phi) is 5.61. The molecule has 1 atom stereocenters. The molecule has 0 saturated carbocycles. The van der Waals surface area contributed by atoms with Crippen molar-refractivity contribution in [3.8, 4) is 0 Å². The van der Waals surface area contributed by atoms with Crippen LogP contribution >= 0.6 is 11.6 Å². The summed E-state index contributed by atoms with van der Waals surface area (Å²) in [5.74, 6) is -0.174. The van der Waals surface area contributed by atoms with Gasteiger partial charge in [-0.25, -0.2) is 4.39 Å². The van der Waals surface area contributed by atoms with Crippen LogP contribution in [-0.4, -0.2) is 31.1 Å². The Morgan fingerprint density at radius 3 is 3.00 bits per heavy atom. The quantitative estimate of drug-likeness (QED) is 0.891. The van der Waals surface area contributed by atoms with E-state index in [1.807, 2.05) is 7.05 Å². The molecule has 1 unspecified atom stereocenters. The number of nitrogens with zero attached hydrogens (tertiary/aromatic N) is 1. The second kappa shape index (κ2) is 7.22. The fourth-order valence-corrected chi connectivity index (χ4v) is 2.78. The van der Waals surface area contributed by atoms with Crippen LogP contribution in [0.3, 0.4) is 0 Å². The molecule has 1 heterocycles. The van der Waals surface area contributed by atoms with Crippen molar-refractivity contribution < 1.29 is 4.39 Å². The van der Waals surface area contributed by atoms with Gasteiger partial charge in [-0.2, -0.15) is 0 Å². The lowest BCUT2D eigenvalue weighted by Gasteiger charge is -2.26. The van der Waals surface area contributed by atoms with E-state index in [0.717, 1.165) is 19.5 Å². The van der Waals surface area contributed by atoms with Crippen LogP contribution in [-0.2, 0) is 6.54 Å². The summed E-state index contributed by atoms with van der Waals surface area (Å²) < 4.78 is 13.6. The van der Waals surface area contributed by atoms with Crippen LogP contribution in [0.2, 0.25) is 5.02 Å². The Bertz CT molecular complexity index is 405. The Morgan fingerprint density at radius 1 is 1.42 bits per heavy atom. The second-order valence-corrected chi connectivity index (χ2v) is 5.85. The average molecular weight is 285 g/mol. The van der Waals surface area contributed by atoms with Crippen LogP contribution in [0.4, 0.5) is 4.39 Å². The molecule has 1 saturated heterocycles. The van der Waals surface area contributed by atoms with Gasteiger partial charge >= 0.3 is 0 Å². The fourth-order valence-electron chi connectivity index (χ4n) is 2.58. The molecule has 0 radical (unpaired) electrons. The van der Waals surface area contributed by atoms with Gasteiger partial charge < -0.3 is 10.2 Å². The molecule has 1 aromatic rings. The van der Waals surface area contributed by atoms with E-state index in [0.29, 0.717) is 23.2 Å². The van der Waals surface area contributed by atoms with Crippen molar-refractivity contribution in [2.75, 3.05) is 20.1 Å². The van der Waals surface area contributed by atoms with Crippen LogP contribution in [0.15, 0.2) is 18.2 Å². The van der Waals surface area contributed by atoms with E-state index in [1.165, 1.54) is 25.3 Å². The van der Waals surface area contributed by atoms with Gasteiger partial charge in [0.15, 0.2) is 0 Å². The van der Waals surface area contributed by atoms with E-state index in [1.54, 1.807) is 12.1 Å². The minimum Gasteiger partial charge on any atom is -0.314 e. The van der Waals surface area contributed by atoms with Gasteiger partial charge in [-0.05, 0) is 57.6 Å². The summed E-state index contributed by atoms with van der Waals surface area (Å²) in [6, 6.07) is 5.37. The molecular formula is C15H22ClFN2. The highest BCUT2D eigenvalue weighted by Gasteiger charge is 2.13. The molecule has 0 amide bonds. The van der Waals surface area contributed by atoms with E-state index in [9.17, 15) is 4.39 Å². The van der Waals surface area contributed by atoms with Gasteiger partial charge in [-0.3, -0.25) is 0 Å². The summed E-state index contributed by atoms with van der Waals surface area (Å²) in [6.07, 6.45) is 5.00. The molecule has 1 aliphatic heterocycles. The number of halogens is 2. The third-order valence-corrected chi connectivity index (χ3v) is 3.95. The first-order chi connectivity index (χ1) is 9.15. The molecule has 1 aromatic carbocycles. The van der Waals surface area contributed by atoms with Crippen LogP contribution in [0, 0.1) is 5.82 Å². The van der Waals surface area contributed by atoms with Crippen LogP contribution < -0.4 is 5.32 Å². The van der Waals surface area contributed by atoms with Crippen molar-refractivity contribution in [2.45, 2.75) is 38.3 Å². The maximum atomic E-state index is 13.6. The first-order valence-electron chi connectivity index (χ1n) is 7.01. The standard InChI is InChI=1S/C15H22ClFN2/c1-19(9-7-14-4-2-3-8-18-14)11-12-10-13(16)5-6-15(12)17/h5-6,10,14,18H,2-4,7-9,11H2,1H3. The SMILES string of the molecule is CN(CCC1CCCCN1)Cc1cc(Cl)ccc1F. The second-order valence-electron chi connectivity index (χ2n) is 5.41. The number of benzene rings is 1. The predicted octanol–water partition coefficient (Wildman–Crippen LogP) is 3.44. The lowest BCUT2D eigenvalue weighted by Crippen LogP contribution is -2.36. The molecule has 19 heavy (non-hydrogen) atoms. The largest absolute Gasteiger partial charge is 0.314 e. The summed E-state index contributed by atoms with van der Waals surface area (Å²) in [7, 11) is 2.03. The zero-order chi connectivity index (χ0) is 13.7. The van der Waals surface area contributed by atoms with E-state index in [-0.39, 0.29) is 5.82 Å². The van der Waals surface area contributed by atoms with Crippen molar-refractivity contribution in [1.82, 2.24) is 10.2 Å². The number of hydrogen-bond acceptors (Lipinski definition) is 2. The third-order valence-electron chi connectivity index (χ3n) is 3.72. The number of nitrogens with one attached hydrogen (secondary N) is 1. The summed E-state index contributed by atoms with van der Waals surface area (Å²) in [6.45, 7) is 2.72. The molecule has 4 heteroatoms. The lowest BCUT2D eigenvalue weighted by atomic mass is 10.0. The Morgan fingerprint density at radius 2 is 2.26 bits per heavy atom. The number of rotatable bonds is 5. The summed E-state index contributed by atoms with van der Waals surface area (Å²) in [5.41, 5.74) is 0.673. The van der Waals surface area contributed by atoms with Gasteiger partial charge in [0.05, 0.1) is 0 Å². The van der Waals surface area contributed by atoms with E-state index in [4.69, 9.17) is 11.6 Å². The highest BCUT2D eigenvalue weighted by Crippen LogP contribution is 2.17. The number of hydrogen-bond donors (Lipinski definition) is 1. The van der Waals surface area contributed by atoms with Gasteiger partial charge in [0.25, 0.3) is 0 Å². The molecule has 106 valence electrons. The molecular weight excluding hydrogens is 263 g/mol. The van der Waals surface area contributed by atoms with Gasteiger partial charge in [-0.15, -0.1) is 0 Å². The average Bonchev–Trinajstić information content (AvgIpc) is 2.42. The highest BCUT2D eigenvalue weighted by molar-refractivity contribution is 6.30. The predicted molar refractivity (Wildman–Crippen MR) is 78.0 cm³/mol. The van der Waals surface area contributed by atoms with Crippen molar-refractivity contribution >= 4 is 11.6 Å². The molecule has 1 N–H and O–H groups in total. The maximum absolute atomic E-state index is 13.6. The molecule has 0 aromatic heterocycles. The van der Waals surface area contributed by atoms with E-state index < -0.39 is 0 Å². The molecule has 1 fully saturated rings. The highest BCUT2D eigenvalue weighted by atomic mass is 35.5. The van der Waals surface area contributed by atoms with Crippen molar-refractivity contribution in [2.24, 2.45) is 0 Å². The topological polar surface area (TPSA) is 15.3 Å². The van der Waals surface area contributed by atoms with Crippen LogP contribution in [0.25, 0.3) is 0 Å². The Labute approximate surface area is 119 Å². The van der Waals surface area contributed by atoms with Gasteiger partial charge in [0.1, 0.15) is 5.82 Å². The smallest absolute Gasteiger partial charge is 0.127 e. The molecule has 2 rings (SSSR count). The minimum atomic E-state index is -0.174. The zero-order valence-corrected chi connectivity index (χ0v) is 12.2. The van der Waals surface area contributed by atoms with Crippen LogP contribution in [0.1, 0.15) is 31.2 Å². The summed E-state index contributed by atoms with van der Waals surface area (Å²) >= 11 is 5.90. The first-order valence-corrected chi connectivity index (χ1v) is 7.39. The molecule has 0 spiro atoms. The Hall–Kier alpha value is -0.640. The number of piperidine rings is 1. The molecule has 1 aliphatic rings. The van der Waals surface area contributed by atoms with E-state index in [2.05, 4.69) is 10.2 Å². The Balaban J connectivity index is 1.80. The van der Waals surface area contributed by atoms with E-state index >= 15 is 0 Å². The van der Waals surface area contributed by atoms with Crippen molar-refractivity contribution in [1.29, 1.82) is 0 Å². The van der Waals surface area contributed by atoms with Gasteiger partial charge in [0, 0.05) is 23.2 Å². The monoisotopic (exact) mass is 284 g/mol. The van der Waals surface area contributed by atoms with Gasteiger partial charge in [0.2, 0.25) is 0 Å². The van der Waals surface area contributed by atoms with Crippen molar-refractivity contribution in [3.05, 3.63) is 34.6 Å². The maximum Gasteiger partial charge on any atom is 0.127 e. The van der Waals surface area contributed by atoms with Crippen molar-refractivity contribution in [3.63, 3.8) is 0 Å². The first kappa shape index (κ1) is 14.8. The molecule has 2 nitrogen and oxygen atoms in total. The van der Waals surface area contributed by atoms with Gasteiger partial charge in [-0.1, -0.05) is 18.0 Å².